The van der Waals surface area contributed by atoms with Crippen LogP contribution >= 0.6 is 11.6 Å². The molecular weight excluding hydrogens is 174 g/mol. The Kier molecular flexibility index (Phi) is 3.23. The number of hydrogen-bond acceptors (Lipinski definition) is 2. The van der Waals surface area contributed by atoms with E-state index in [9.17, 15) is 0 Å². The number of phenolic OH excluding ortho intramolecular Hbond substituents is 1. The number of phenols is 1. The molecular formula is C9H12ClNO. The van der Waals surface area contributed by atoms with Crippen LogP contribution < -0.4 is 5.73 Å². The van der Waals surface area contributed by atoms with Gasteiger partial charge >= 0.3 is 0 Å². The minimum Gasteiger partial charge on any atom is -0.506 e. The minimum absolute atomic E-state index is 0.143. The molecule has 12 heavy (non-hydrogen) atoms. The molecule has 66 valence electrons. The second-order valence-electron chi connectivity index (χ2n) is 2.69. The first-order chi connectivity index (χ1) is 5.74. The molecule has 0 fully saturated rings. The van der Waals surface area contributed by atoms with Crippen molar-refractivity contribution in [1.29, 1.82) is 0 Å². The zero-order valence-corrected chi connectivity index (χ0v) is 7.51. The fourth-order valence-electron chi connectivity index (χ4n) is 1.03. The third kappa shape index (κ3) is 2.31. The molecule has 0 amide bonds. The maximum atomic E-state index is 9.12. The molecule has 0 bridgehead atoms. The van der Waals surface area contributed by atoms with Crippen LogP contribution in [0, 0.1) is 0 Å². The first kappa shape index (κ1) is 9.20. The van der Waals surface area contributed by atoms with E-state index in [4.69, 9.17) is 22.4 Å². The molecule has 3 heteroatoms. The number of nitrogen functional groups attached to an aromatic ring is 1. The Morgan fingerprint density at radius 3 is 2.75 bits per heavy atom. The zero-order chi connectivity index (χ0) is 8.97. The summed E-state index contributed by atoms with van der Waals surface area (Å²) in [4.78, 5) is 0. The molecule has 0 aliphatic rings. The smallest absolute Gasteiger partial charge is 0.138 e. The SMILES string of the molecule is Nc1cc(CCCCl)ccc1O. The Labute approximate surface area is 77.0 Å². The third-order valence-electron chi connectivity index (χ3n) is 1.69. The third-order valence-corrected chi connectivity index (χ3v) is 1.96. The van der Waals surface area contributed by atoms with Gasteiger partial charge in [-0.05, 0) is 30.5 Å². The number of anilines is 1. The predicted octanol–water partition coefficient (Wildman–Crippen LogP) is 2.15. The number of aryl methyl sites for hydroxylation is 1. The Morgan fingerprint density at radius 1 is 1.42 bits per heavy atom. The molecule has 0 heterocycles. The molecule has 0 aliphatic carbocycles. The summed E-state index contributed by atoms with van der Waals surface area (Å²) in [6.07, 6.45) is 1.85. The van der Waals surface area contributed by atoms with Crippen molar-refractivity contribution in [2.45, 2.75) is 12.8 Å². The lowest BCUT2D eigenvalue weighted by atomic mass is 10.1. The monoisotopic (exact) mass is 185 g/mol. The van der Waals surface area contributed by atoms with Gasteiger partial charge in [-0.2, -0.15) is 0 Å². The van der Waals surface area contributed by atoms with Crippen LogP contribution in [0.4, 0.5) is 5.69 Å². The maximum absolute atomic E-state index is 9.12. The first-order valence-corrected chi connectivity index (χ1v) is 4.41. The Bertz CT molecular complexity index is 263. The van der Waals surface area contributed by atoms with Crippen LogP contribution in [-0.2, 0) is 6.42 Å². The largest absolute Gasteiger partial charge is 0.506 e. The van der Waals surface area contributed by atoms with Crippen molar-refractivity contribution in [2.24, 2.45) is 0 Å². The zero-order valence-electron chi connectivity index (χ0n) is 6.76. The van der Waals surface area contributed by atoms with E-state index in [-0.39, 0.29) is 5.75 Å². The molecule has 0 spiro atoms. The van der Waals surface area contributed by atoms with E-state index in [0.29, 0.717) is 11.6 Å². The van der Waals surface area contributed by atoms with Crippen LogP contribution in [0.1, 0.15) is 12.0 Å². The molecule has 0 radical (unpaired) electrons. The average molecular weight is 186 g/mol. The summed E-state index contributed by atoms with van der Waals surface area (Å²) in [5, 5.41) is 9.12. The van der Waals surface area contributed by atoms with Crippen molar-refractivity contribution in [3.05, 3.63) is 23.8 Å². The summed E-state index contributed by atoms with van der Waals surface area (Å²) in [5.74, 6) is 0.797. The summed E-state index contributed by atoms with van der Waals surface area (Å²) in [5.41, 5.74) is 7.06. The fourth-order valence-corrected chi connectivity index (χ4v) is 1.16. The van der Waals surface area contributed by atoms with Crippen LogP contribution in [0.5, 0.6) is 5.75 Å². The van der Waals surface area contributed by atoms with Gasteiger partial charge in [0.15, 0.2) is 0 Å². The lowest BCUT2D eigenvalue weighted by molar-refractivity contribution is 0.478. The molecule has 1 aromatic carbocycles. The Balaban J connectivity index is 2.69. The topological polar surface area (TPSA) is 46.2 Å². The second-order valence-corrected chi connectivity index (χ2v) is 3.06. The number of alkyl halides is 1. The molecule has 0 unspecified atom stereocenters. The van der Waals surface area contributed by atoms with Crippen molar-refractivity contribution in [3.8, 4) is 5.75 Å². The summed E-state index contributed by atoms with van der Waals surface area (Å²) in [6.45, 7) is 0. The van der Waals surface area contributed by atoms with E-state index >= 15 is 0 Å². The summed E-state index contributed by atoms with van der Waals surface area (Å²) >= 11 is 5.54. The van der Waals surface area contributed by atoms with Crippen LogP contribution in [0.25, 0.3) is 0 Å². The van der Waals surface area contributed by atoms with Gasteiger partial charge in [0.05, 0.1) is 5.69 Å². The lowest BCUT2D eigenvalue weighted by Crippen LogP contribution is -1.90. The van der Waals surface area contributed by atoms with E-state index in [0.717, 1.165) is 18.4 Å². The molecule has 0 atom stereocenters. The van der Waals surface area contributed by atoms with Gasteiger partial charge in [0.25, 0.3) is 0 Å². The highest BCUT2D eigenvalue weighted by Crippen LogP contribution is 2.20. The van der Waals surface area contributed by atoms with Crippen LogP contribution in [-0.4, -0.2) is 11.0 Å². The molecule has 1 aromatic rings. The van der Waals surface area contributed by atoms with Gasteiger partial charge in [-0.1, -0.05) is 6.07 Å². The van der Waals surface area contributed by atoms with Crippen LogP contribution in [0.15, 0.2) is 18.2 Å². The number of nitrogens with two attached hydrogens (primary N) is 1. The molecule has 2 nitrogen and oxygen atoms in total. The van der Waals surface area contributed by atoms with E-state index < -0.39 is 0 Å². The van der Waals surface area contributed by atoms with E-state index in [1.54, 1.807) is 12.1 Å². The van der Waals surface area contributed by atoms with Crippen LogP contribution in [0.3, 0.4) is 0 Å². The van der Waals surface area contributed by atoms with Crippen molar-refractivity contribution < 1.29 is 5.11 Å². The average Bonchev–Trinajstić information content (AvgIpc) is 2.07. The van der Waals surface area contributed by atoms with Crippen molar-refractivity contribution >= 4 is 17.3 Å². The quantitative estimate of drug-likeness (QED) is 0.431. The van der Waals surface area contributed by atoms with Crippen molar-refractivity contribution in [1.82, 2.24) is 0 Å². The van der Waals surface area contributed by atoms with E-state index in [1.165, 1.54) is 0 Å². The highest BCUT2D eigenvalue weighted by molar-refractivity contribution is 6.17. The molecule has 0 saturated heterocycles. The van der Waals surface area contributed by atoms with Crippen molar-refractivity contribution in [3.63, 3.8) is 0 Å². The van der Waals surface area contributed by atoms with E-state index in [1.807, 2.05) is 6.07 Å². The van der Waals surface area contributed by atoms with Gasteiger partial charge in [0.2, 0.25) is 0 Å². The summed E-state index contributed by atoms with van der Waals surface area (Å²) < 4.78 is 0. The van der Waals surface area contributed by atoms with Crippen molar-refractivity contribution in [2.75, 3.05) is 11.6 Å². The summed E-state index contributed by atoms with van der Waals surface area (Å²) in [6, 6.07) is 5.25. The highest BCUT2D eigenvalue weighted by Gasteiger charge is 1.97. The standard InChI is InChI=1S/C9H12ClNO/c10-5-1-2-7-3-4-9(12)8(11)6-7/h3-4,6,12H,1-2,5,11H2. The number of halogens is 1. The van der Waals surface area contributed by atoms with Gasteiger partial charge in [-0.25, -0.2) is 0 Å². The van der Waals surface area contributed by atoms with Gasteiger partial charge in [-0.15, -0.1) is 11.6 Å². The first-order valence-electron chi connectivity index (χ1n) is 3.87. The lowest BCUT2D eigenvalue weighted by Gasteiger charge is -2.02. The summed E-state index contributed by atoms with van der Waals surface area (Å²) in [7, 11) is 0. The Hall–Kier alpha value is -0.890. The number of hydrogen-bond donors (Lipinski definition) is 2. The number of aromatic hydroxyl groups is 1. The van der Waals surface area contributed by atoms with Crippen LogP contribution in [0.2, 0.25) is 0 Å². The normalized spacial score (nSPS) is 10.1. The van der Waals surface area contributed by atoms with Gasteiger partial charge in [0.1, 0.15) is 5.75 Å². The number of rotatable bonds is 3. The molecule has 0 aromatic heterocycles. The maximum Gasteiger partial charge on any atom is 0.138 e. The fraction of sp³-hybridized carbons (Fsp3) is 0.333. The van der Waals surface area contributed by atoms with Gasteiger partial charge in [-0.3, -0.25) is 0 Å². The predicted molar refractivity (Wildman–Crippen MR) is 51.6 cm³/mol. The number of benzene rings is 1. The molecule has 0 aliphatic heterocycles. The van der Waals surface area contributed by atoms with Gasteiger partial charge < -0.3 is 10.8 Å². The minimum atomic E-state index is 0.143. The molecule has 3 N–H and O–H groups in total. The van der Waals surface area contributed by atoms with E-state index in [2.05, 4.69) is 0 Å². The molecule has 1 rings (SSSR count). The molecule has 0 saturated carbocycles. The van der Waals surface area contributed by atoms with Gasteiger partial charge in [0, 0.05) is 5.88 Å². The highest BCUT2D eigenvalue weighted by atomic mass is 35.5. The second kappa shape index (κ2) is 4.21. The Morgan fingerprint density at radius 2 is 2.17 bits per heavy atom.